The smallest absolute Gasteiger partial charge is 0.145 e. The summed E-state index contributed by atoms with van der Waals surface area (Å²) in [5.41, 5.74) is 1.97. The lowest BCUT2D eigenvalue weighted by Gasteiger charge is -2.15. The molecule has 1 heterocycles. The van der Waals surface area contributed by atoms with Gasteiger partial charge in [-0.3, -0.25) is 0 Å². The van der Waals surface area contributed by atoms with Crippen molar-refractivity contribution in [3.05, 3.63) is 36.0 Å². The average Bonchev–Trinajstić information content (AvgIpc) is 2.43. The molecule has 2 rings (SSSR count). The van der Waals surface area contributed by atoms with Crippen molar-refractivity contribution >= 4 is 23.5 Å². The van der Waals surface area contributed by atoms with Crippen LogP contribution in [0.15, 0.2) is 30.3 Å². The van der Waals surface area contributed by atoms with E-state index in [9.17, 15) is 0 Å². The quantitative estimate of drug-likeness (QED) is 0.795. The SMILES string of the molecule is CCCC(CS)COc1cccc2ccc(C)nc12. The van der Waals surface area contributed by atoms with Gasteiger partial charge < -0.3 is 4.74 Å². The number of pyridine rings is 1. The van der Waals surface area contributed by atoms with E-state index < -0.39 is 0 Å². The fourth-order valence-corrected chi connectivity index (χ4v) is 2.47. The maximum absolute atomic E-state index is 5.97. The Kier molecular flexibility index (Phi) is 5.08. The third-order valence-corrected chi connectivity index (χ3v) is 3.77. The summed E-state index contributed by atoms with van der Waals surface area (Å²) in [5, 5.41) is 1.13. The minimum atomic E-state index is 0.508. The molecule has 0 N–H and O–H groups in total. The van der Waals surface area contributed by atoms with Crippen LogP contribution in [0, 0.1) is 12.8 Å². The highest BCUT2D eigenvalue weighted by Gasteiger charge is 2.09. The molecule has 1 unspecified atom stereocenters. The van der Waals surface area contributed by atoms with Gasteiger partial charge in [0.1, 0.15) is 11.3 Å². The molecular weight excluding hydrogens is 254 g/mol. The molecule has 0 aliphatic heterocycles. The van der Waals surface area contributed by atoms with E-state index in [0.717, 1.165) is 34.5 Å². The first-order valence-corrected chi connectivity index (χ1v) is 7.48. The molecule has 1 aromatic carbocycles. The fraction of sp³-hybridized carbons (Fsp3) is 0.438. The largest absolute Gasteiger partial charge is 0.491 e. The van der Waals surface area contributed by atoms with Gasteiger partial charge in [0.25, 0.3) is 0 Å². The summed E-state index contributed by atoms with van der Waals surface area (Å²) in [6.07, 6.45) is 2.32. The minimum Gasteiger partial charge on any atom is -0.491 e. The van der Waals surface area contributed by atoms with Crippen LogP contribution < -0.4 is 4.74 Å². The number of fused-ring (bicyclic) bond motifs is 1. The molecule has 3 heteroatoms. The zero-order chi connectivity index (χ0) is 13.7. The molecule has 0 saturated heterocycles. The molecule has 0 spiro atoms. The lowest BCUT2D eigenvalue weighted by atomic mass is 10.1. The van der Waals surface area contributed by atoms with Crippen LogP contribution in [-0.4, -0.2) is 17.3 Å². The van der Waals surface area contributed by atoms with Gasteiger partial charge in [-0.25, -0.2) is 4.98 Å². The number of para-hydroxylation sites is 1. The highest BCUT2D eigenvalue weighted by atomic mass is 32.1. The zero-order valence-corrected chi connectivity index (χ0v) is 12.5. The molecule has 102 valence electrons. The number of ether oxygens (including phenoxy) is 1. The predicted molar refractivity (Wildman–Crippen MR) is 84.2 cm³/mol. The topological polar surface area (TPSA) is 22.1 Å². The summed E-state index contributed by atoms with van der Waals surface area (Å²) < 4.78 is 5.97. The third kappa shape index (κ3) is 3.63. The highest BCUT2D eigenvalue weighted by Crippen LogP contribution is 2.24. The fourth-order valence-electron chi connectivity index (χ4n) is 2.18. The molecule has 0 amide bonds. The van der Waals surface area contributed by atoms with E-state index in [4.69, 9.17) is 4.74 Å². The zero-order valence-electron chi connectivity index (χ0n) is 11.6. The molecule has 0 aliphatic carbocycles. The Hall–Kier alpha value is -1.22. The van der Waals surface area contributed by atoms with Crippen molar-refractivity contribution in [2.24, 2.45) is 5.92 Å². The lowest BCUT2D eigenvalue weighted by Crippen LogP contribution is -2.13. The van der Waals surface area contributed by atoms with Gasteiger partial charge in [-0.05, 0) is 31.2 Å². The second kappa shape index (κ2) is 6.80. The Labute approximate surface area is 120 Å². The summed E-state index contributed by atoms with van der Waals surface area (Å²) in [7, 11) is 0. The highest BCUT2D eigenvalue weighted by molar-refractivity contribution is 7.80. The maximum atomic E-state index is 5.97. The number of benzene rings is 1. The second-order valence-electron chi connectivity index (χ2n) is 4.93. The van der Waals surface area contributed by atoms with Crippen LogP contribution in [0.25, 0.3) is 10.9 Å². The Morgan fingerprint density at radius 2 is 2.11 bits per heavy atom. The van der Waals surface area contributed by atoms with Gasteiger partial charge in [-0.2, -0.15) is 12.6 Å². The van der Waals surface area contributed by atoms with Crippen LogP contribution in [0.1, 0.15) is 25.5 Å². The van der Waals surface area contributed by atoms with E-state index in [2.05, 4.69) is 36.7 Å². The first-order chi connectivity index (χ1) is 9.24. The standard InChI is InChI=1S/C16H21NOS/c1-3-5-13(11-19)10-18-15-7-4-6-14-9-8-12(2)17-16(14)15/h4,6-9,13,19H,3,5,10-11H2,1-2H3. The monoisotopic (exact) mass is 275 g/mol. The number of aryl methyl sites for hydroxylation is 1. The summed E-state index contributed by atoms with van der Waals surface area (Å²) in [4.78, 5) is 4.58. The molecule has 0 aliphatic rings. The third-order valence-electron chi connectivity index (χ3n) is 3.25. The van der Waals surface area contributed by atoms with Crippen molar-refractivity contribution in [1.29, 1.82) is 0 Å². The number of hydrogen-bond acceptors (Lipinski definition) is 3. The van der Waals surface area contributed by atoms with Crippen LogP contribution in [-0.2, 0) is 0 Å². The number of nitrogens with zero attached hydrogens (tertiary/aromatic N) is 1. The molecule has 0 bridgehead atoms. The van der Waals surface area contributed by atoms with E-state index in [1.807, 2.05) is 25.1 Å². The molecule has 19 heavy (non-hydrogen) atoms. The Morgan fingerprint density at radius 1 is 1.26 bits per heavy atom. The van der Waals surface area contributed by atoms with Crippen molar-refractivity contribution in [2.45, 2.75) is 26.7 Å². The van der Waals surface area contributed by atoms with Crippen molar-refractivity contribution in [3.8, 4) is 5.75 Å². The Bertz CT molecular complexity index is 541. The van der Waals surface area contributed by atoms with E-state index in [1.54, 1.807) is 0 Å². The Balaban J connectivity index is 2.18. The molecule has 0 radical (unpaired) electrons. The van der Waals surface area contributed by atoms with Crippen LogP contribution in [0.2, 0.25) is 0 Å². The molecule has 2 aromatic rings. The number of rotatable bonds is 6. The van der Waals surface area contributed by atoms with E-state index >= 15 is 0 Å². The van der Waals surface area contributed by atoms with Crippen LogP contribution in [0.3, 0.4) is 0 Å². The van der Waals surface area contributed by atoms with Gasteiger partial charge in [0.05, 0.1) is 6.61 Å². The van der Waals surface area contributed by atoms with E-state index in [-0.39, 0.29) is 0 Å². The maximum Gasteiger partial charge on any atom is 0.145 e. The van der Waals surface area contributed by atoms with Gasteiger partial charge in [0.2, 0.25) is 0 Å². The molecule has 2 nitrogen and oxygen atoms in total. The molecule has 0 fully saturated rings. The van der Waals surface area contributed by atoms with Crippen molar-refractivity contribution in [3.63, 3.8) is 0 Å². The molecular formula is C16H21NOS. The summed E-state index contributed by atoms with van der Waals surface area (Å²) in [6.45, 7) is 4.91. The van der Waals surface area contributed by atoms with Gasteiger partial charge in [-0.15, -0.1) is 0 Å². The van der Waals surface area contributed by atoms with Crippen molar-refractivity contribution in [2.75, 3.05) is 12.4 Å². The van der Waals surface area contributed by atoms with Gasteiger partial charge >= 0.3 is 0 Å². The first-order valence-electron chi connectivity index (χ1n) is 6.84. The van der Waals surface area contributed by atoms with Crippen LogP contribution >= 0.6 is 12.6 Å². The van der Waals surface area contributed by atoms with Gasteiger partial charge in [0, 0.05) is 17.0 Å². The molecule has 1 aromatic heterocycles. The summed E-state index contributed by atoms with van der Waals surface area (Å²) in [5.74, 6) is 2.25. The minimum absolute atomic E-state index is 0.508. The average molecular weight is 275 g/mol. The lowest BCUT2D eigenvalue weighted by molar-refractivity contribution is 0.257. The van der Waals surface area contributed by atoms with Gasteiger partial charge in [-0.1, -0.05) is 31.5 Å². The number of aromatic nitrogens is 1. The van der Waals surface area contributed by atoms with E-state index in [0.29, 0.717) is 12.5 Å². The van der Waals surface area contributed by atoms with Crippen molar-refractivity contribution in [1.82, 2.24) is 4.98 Å². The normalized spacial score (nSPS) is 12.6. The predicted octanol–water partition coefficient (Wildman–Crippen LogP) is 4.27. The van der Waals surface area contributed by atoms with Crippen LogP contribution in [0.5, 0.6) is 5.75 Å². The summed E-state index contributed by atoms with van der Waals surface area (Å²) >= 11 is 4.39. The van der Waals surface area contributed by atoms with Gasteiger partial charge in [0.15, 0.2) is 0 Å². The number of hydrogen-bond donors (Lipinski definition) is 1. The van der Waals surface area contributed by atoms with E-state index in [1.165, 1.54) is 6.42 Å². The molecule has 0 saturated carbocycles. The number of thiol groups is 1. The molecule has 1 atom stereocenters. The van der Waals surface area contributed by atoms with Crippen molar-refractivity contribution < 1.29 is 4.74 Å². The Morgan fingerprint density at radius 3 is 2.84 bits per heavy atom. The van der Waals surface area contributed by atoms with Crippen LogP contribution in [0.4, 0.5) is 0 Å². The first kappa shape index (κ1) is 14.2. The second-order valence-corrected chi connectivity index (χ2v) is 5.29. The summed E-state index contributed by atoms with van der Waals surface area (Å²) in [6, 6.07) is 10.2.